The number of hydrogen-bond donors (Lipinski definition) is 0. The van der Waals surface area contributed by atoms with E-state index in [1.165, 1.54) is 33.3 Å². The molecule has 1 aromatic heterocycles. The first kappa shape index (κ1) is 13.3. The Bertz CT molecular complexity index is 1030. The number of nitrogens with zero attached hydrogens (tertiary/aromatic N) is 2. The maximum absolute atomic E-state index is 4.69. The van der Waals surface area contributed by atoms with Gasteiger partial charge >= 0.3 is 0 Å². The Hall–Kier alpha value is -3.13. The number of anilines is 2. The lowest BCUT2D eigenvalue weighted by molar-refractivity contribution is 0.971. The monoisotopic (exact) mass is 308 g/mol. The van der Waals surface area contributed by atoms with E-state index in [0.29, 0.717) is 0 Å². The van der Waals surface area contributed by atoms with Crippen LogP contribution in [0.3, 0.4) is 0 Å². The number of benzene rings is 3. The van der Waals surface area contributed by atoms with Gasteiger partial charge in [0.2, 0.25) is 0 Å². The summed E-state index contributed by atoms with van der Waals surface area (Å²) in [6, 6.07) is 27.8. The average Bonchev–Trinajstić information content (AvgIpc) is 2.66. The lowest BCUT2D eigenvalue weighted by Crippen LogP contribution is -2.20. The van der Waals surface area contributed by atoms with Crippen LogP contribution in [-0.4, -0.2) is 4.98 Å². The summed E-state index contributed by atoms with van der Waals surface area (Å²) >= 11 is 0. The summed E-state index contributed by atoms with van der Waals surface area (Å²) in [4.78, 5) is 7.08. The van der Waals surface area contributed by atoms with Crippen molar-refractivity contribution in [3.8, 4) is 11.3 Å². The highest BCUT2D eigenvalue weighted by molar-refractivity contribution is 6.10. The fourth-order valence-electron chi connectivity index (χ4n) is 3.63. The maximum Gasteiger partial charge on any atom is 0.0945 e. The number of aromatic nitrogens is 1. The lowest BCUT2D eigenvalue weighted by atomic mass is 9.94. The highest BCUT2D eigenvalue weighted by atomic mass is 15.2. The summed E-state index contributed by atoms with van der Waals surface area (Å²) in [5, 5.41) is 2.56. The molecule has 3 aromatic carbocycles. The molecule has 2 heteroatoms. The van der Waals surface area contributed by atoms with Crippen molar-refractivity contribution in [3.63, 3.8) is 0 Å². The minimum Gasteiger partial charge on any atom is -0.335 e. The van der Waals surface area contributed by atoms with Crippen LogP contribution in [0.1, 0.15) is 5.56 Å². The van der Waals surface area contributed by atoms with Crippen LogP contribution in [-0.2, 0) is 6.54 Å². The van der Waals surface area contributed by atoms with Gasteiger partial charge < -0.3 is 4.90 Å². The van der Waals surface area contributed by atoms with E-state index in [1.807, 2.05) is 12.3 Å². The van der Waals surface area contributed by atoms with Crippen LogP contribution in [0.15, 0.2) is 85.1 Å². The predicted molar refractivity (Wildman–Crippen MR) is 99.5 cm³/mol. The molecule has 4 aromatic rings. The number of rotatable bonds is 2. The van der Waals surface area contributed by atoms with Crippen LogP contribution < -0.4 is 4.90 Å². The molecule has 0 amide bonds. The second-order valence-corrected chi connectivity index (χ2v) is 6.12. The van der Waals surface area contributed by atoms with Crippen molar-refractivity contribution in [2.45, 2.75) is 6.54 Å². The quantitative estimate of drug-likeness (QED) is 0.482. The Morgan fingerprint density at radius 2 is 1.50 bits per heavy atom. The van der Waals surface area contributed by atoms with Gasteiger partial charge in [-0.05, 0) is 29.1 Å². The topological polar surface area (TPSA) is 16.1 Å². The highest BCUT2D eigenvalue weighted by Crippen LogP contribution is 2.46. The van der Waals surface area contributed by atoms with Crippen LogP contribution in [0.25, 0.3) is 22.0 Å². The third-order valence-electron chi connectivity index (χ3n) is 4.69. The zero-order valence-electron chi connectivity index (χ0n) is 13.2. The molecule has 0 unspecified atom stereocenters. The standard InChI is InChI=1S/C22H16N2/c1-2-7-16(8-3-1)15-24-19-12-5-10-17-9-4-11-18(21(17)19)22-20(24)13-6-14-23-22/h1-14H,15H2. The van der Waals surface area contributed by atoms with E-state index in [4.69, 9.17) is 4.98 Å². The van der Waals surface area contributed by atoms with Crippen LogP contribution in [0.5, 0.6) is 0 Å². The number of hydrogen-bond acceptors (Lipinski definition) is 2. The van der Waals surface area contributed by atoms with Crippen molar-refractivity contribution >= 4 is 22.1 Å². The summed E-state index contributed by atoms with van der Waals surface area (Å²) in [6.07, 6.45) is 1.88. The first-order valence-corrected chi connectivity index (χ1v) is 8.20. The second kappa shape index (κ2) is 5.20. The lowest BCUT2D eigenvalue weighted by Gasteiger charge is -2.32. The molecular formula is C22H16N2. The normalized spacial score (nSPS) is 12.2. The number of fused-ring (bicyclic) bond motifs is 2. The van der Waals surface area contributed by atoms with Crippen LogP contribution >= 0.6 is 0 Å². The van der Waals surface area contributed by atoms with E-state index >= 15 is 0 Å². The molecule has 0 atom stereocenters. The molecule has 0 fully saturated rings. The van der Waals surface area contributed by atoms with Crippen LogP contribution in [0.4, 0.5) is 11.4 Å². The molecule has 0 bridgehead atoms. The molecular weight excluding hydrogens is 292 g/mol. The third-order valence-corrected chi connectivity index (χ3v) is 4.69. The predicted octanol–water partition coefficient (Wildman–Crippen LogP) is 5.55. The minimum atomic E-state index is 0.840. The molecule has 0 radical (unpaired) electrons. The number of pyridine rings is 1. The zero-order valence-corrected chi connectivity index (χ0v) is 13.2. The SMILES string of the molecule is c1ccc(CN2c3cccnc3-c3cccc4cccc2c34)cc1. The van der Waals surface area contributed by atoms with Crippen molar-refractivity contribution in [3.05, 3.63) is 90.6 Å². The van der Waals surface area contributed by atoms with Gasteiger partial charge in [-0.3, -0.25) is 4.98 Å². The van der Waals surface area contributed by atoms with Gasteiger partial charge in [0.25, 0.3) is 0 Å². The van der Waals surface area contributed by atoms with Gasteiger partial charge in [0.05, 0.1) is 17.1 Å². The summed E-state index contributed by atoms with van der Waals surface area (Å²) in [5.41, 5.74) is 6.02. The molecule has 1 aliphatic rings. The van der Waals surface area contributed by atoms with Gasteiger partial charge in [0, 0.05) is 23.7 Å². The van der Waals surface area contributed by atoms with E-state index in [0.717, 1.165) is 12.2 Å². The van der Waals surface area contributed by atoms with Gasteiger partial charge in [-0.2, -0.15) is 0 Å². The Morgan fingerprint density at radius 3 is 2.38 bits per heavy atom. The molecule has 24 heavy (non-hydrogen) atoms. The van der Waals surface area contributed by atoms with Gasteiger partial charge in [-0.1, -0.05) is 60.7 Å². The van der Waals surface area contributed by atoms with Crippen molar-refractivity contribution in [1.29, 1.82) is 0 Å². The van der Waals surface area contributed by atoms with E-state index in [1.54, 1.807) is 0 Å². The van der Waals surface area contributed by atoms with Gasteiger partial charge in [-0.15, -0.1) is 0 Å². The molecule has 5 rings (SSSR count). The van der Waals surface area contributed by atoms with Crippen molar-refractivity contribution < 1.29 is 0 Å². The molecule has 0 aliphatic carbocycles. The average molecular weight is 308 g/mol. The Kier molecular flexibility index (Phi) is 2.89. The zero-order chi connectivity index (χ0) is 15.9. The van der Waals surface area contributed by atoms with Crippen LogP contribution in [0.2, 0.25) is 0 Å². The maximum atomic E-state index is 4.69. The Balaban J connectivity index is 1.80. The smallest absolute Gasteiger partial charge is 0.0945 e. The van der Waals surface area contributed by atoms with Crippen molar-refractivity contribution in [2.24, 2.45) is 0 Å². The third kappa shape index (κ3) is 1.93. The highest BCUT2D eigenvalue weighted by Gasteiger charge is 2.25. The molecule has 1 aliphatic heterocycles. The second-order valence-electron chi connectivity index (χ2n) is 6.12. The summed E-state index contributed by atoms with van der Waals surface area (Å²) < 4.78 is 0. The van der Waals surface area contributed by atoms with Crippen LogP contribution in [0, 0.1) is 0 Å². The first-order valence-electron chi connectivity index (χ1n) is 8.20. The molecule has 0 saturated carbocycles. The van der Waals surface area contributed by atoms with E-state index < -0.39 is 0 Å². The molecule has 2 heterocycles. The van der Waals surface area contributed by atoms with Gasteiger partial charge in [0.1, 0.15) is 0 Å². The molecule has 2 nitrogen and oxygen atoms in total. The Labute approximate surface area is 141 Å². The van der Waals surface area contributed by atoms with E-state index in [2.05, 4.69) is 77.7 Å². The molecule has 0 N–H and O–H groups in total. The fraction of sp³-hybridized carbons (Fsp3) is 0.0455. The minimum absolute atomic E-state index is 0.840. The first-order chi connectivity index (χ1) is 11.9. The summed E-state index contributed by atoms with van der Waals surface area (Å²) in [6.45, 7) is 0.840. The largest absolute Gasteiger partial charge is 0.335 e. The Morgan fingerprint density at radius 1 is 0.708 bits per heavy atom. The molecule has 114 valence electrons. The van der Waals surface area contributed by atoms with E-state index in [9.17, 15) is 0 Å². The van der Waals surface area contributed by atoms with Gasteiger partial charge in [0.15, 0.2) is 0 Å². The van der Waals surface area contributed by atoms with Gasteiger partial charge in [-0.25, -0.2) is 0 Å². The molecule has 0 saturated heterocycles. The van der Waals surface area contributed by atoms with E-state index in [-0.39, 0.29) is 0 Å². The fourth-order valence-corrected chi connectivity index (χ4v) is 3.63. The van der Waals surface area contributed by atoms with Crippen molar-refractivity contribution in [1.82, 2.24) is 4.98 Å². The molecule has 0 spiro atoms. The summed E-state index contributed by atoms with van der Waals surface area (Å²) in [5.74, 6) is 0. The summed E-state index contributed by atoms with van der Waals surface area (Å²) in [7, 11) is 0. The van der Waals surface area contributed by atoms with Crippen molar-refractivity contribution in [2.75, 3.05) is 4.90 Å².